The lowest BCUT2D eigenvalue weighted by Crippen LogP contribution is -2.25. The maximum atomic E-state index is 12.8. The molecule has 0 heterocycles. The Labute approximate surface area is 146 Å². The van der Waals surface area contributed by atoms with Crippen LogP contribution < -0.4 is 15.5 Å². The quantitative estimate of drug-likeness (QED) is 0.518. The van der Waals surface area contributed by atoms with E-state index in [1.807, 2.05) is 0 Å². The molecule has 0 fully saturated rings. The van der Waals surface area contributed by atoms with Gasteiger partial charge in [-0.15, -0.1) is 0 Å². The molecule has 1 amide bonds. The number of phenolic OH excluding ortho intramolecular Hbond substituents is 1. The number of carbonyl (C=O) groups is 1. The zero-order chi connectivity index (χ0) is 17.5. The number of phenols is 1. The second-order valence-electron chi connectivity index (χ2n) is 4.71. The summed E-state index contributed by atoms with van der Waals surface area (Å²) in [5.74, 6) is -0.437. The van der Waals surface area contributed by atoms with Gasteiger partial charge in [-0.2, -0.15) is 5.10 Å². The number of methoxy groups -OCH3 is 1. The number of carbonyl (C=O) groups excluding carboxylic acids is 1. The highest BCUT2D eigenvalue weighted by molar-refractivity contribution is 9.10. The van der Waals surface area contributed by atoms with Crippen LogP contribution in [0.15, 0.2) is 46.0 Å². The van der Waals surface area contributed by atoms with Gasteiger partial charge in [-0.1, -0.05) is 0 Å². The van der Waals surface area contributed by atoms with Gasteiger partial charge < -0.3 is 15.2 Å². The van der Waals surface area contributed by atoms with Crippen molar-refractivity contribution in [1.29, 1.82) is 0 Å². The van der Waals surface area contributed by atoms with Gasteiger partial charge in [0.05, 0.1) is 24.3 Å². The SMILES string of the molecule is COc1c(O)cc(C=NNC(=O)CNc2ccc(F)cc2)cc1Br. The summed E-state index contributed by atoms with van der Waals surface area (Å²) in [6, 6.07) is 8.80. The molecule has 3 N–H and O–H groups in total. The van der Waals surface area contributed by atoms with Gasteiger partial charge in [-0.25, -0.2) is 9.82 Å². The maximum Gasteiger partial charge on any atom is 0.259 e. The number of nitrogens with zero attached hydrogens (tertiary/aromatic N) is 1. The van der Waals surface area contributed by atoms with Crippen molar-refractivity contribution in [2.75, 3.05) is 19.0 Å². The number of amides is 1. The zero-order valence-electron chi connectivity index (χ0n) is 12.7. The van der Waals surface area contributed by atoms with Crippen molar-refractivity contribution < 1.29 is 19.0 Å². The Morgan fingerprint density at radius 3 is 2.71 bits per heavy atom. The number of benzene rings is 2. The first-order valence-electron chi connectivity index (χ1n) is 6.87. The largest absolute Gasteiger partial charge is 0.504 e. The molecule has 2 aromatic rings. The fourth-order valence-corrected chi connectivity index (χ4v) is 2.47. The smallest absolute Gasteiger partial charge is 0.259 e. The Kier molecular flexibility index (Phi) is 6.14. The number of anilines is 1. The van der Waals surface area contributed by atoms with E-state index in [1.54, 1.807) is 6.07 Å². The molecule has 0 aromatic heterocycles. The minimum atomic E-state index is -0.368. The second-order valence-corrected chi connectivity index (χ2v) is 5.56. The number of halogens is 2. The lowest BCUT2D eigenvalue weighted by atomic mass is 10.2. The highest BCUT2D eigenvalue weighted by Crippen LogP contribution is 2.34. The molecule has 0 saturated carbocycles. The number of hydrogen-bond donors (Lipinski definition) is 3. The topological polar surface area (TPSA) is 83.0 Å². The molecule has 6 nitrogen and oxygen atoms in total. The van der Waals surface area contributed by atoms with E-state index in [0.29, 0.717) is 21.5 Å². The molecule has 24 heavy (non-hydrogen) atoms. The van der Waals surface area contributed by atoms with Gasteiger partial charge in [0.25, 0.3) is 5.91 Å². The van der Waals surface area contributed by atoms with Crippen LogP contribution in [0.25, 0.3) is 0 Å². The first-order valence-corrected chi connectivity index (χ1v) is 7.66. The first kappa shape index (κ1) is 17.7. The number of aromatic hydroxyl groups is 1. The van der Waals surface area contributed by atoms with Gasteiger partial charge in [-0.05, 0) is 57.9 Å². The van der Waals surface area contributed by atoms with Crippen molar-refractivity contribution >= 4 is 33.7 Å². The molecule has 126 valence electrons. The monoisotopic (exact) mass is 395 g/mol. The third kappa shape index (κ3) is 4.95. The molecule has 0 aliphatic heterocycles. The summed E-state index contributed by atoms with van der Waals surface area (Å²) < 4.78 is 18.3. The van der Waals surface area contributed by atoms with Crippen LogP contribution >= 0.6 is 15.9 Å². The Bertz CT molecular complexity index is 728. The van der Waals surface area contributed by atoms with Crippen LogP contribution in [0.2, 0.25) is 0 Å². The minimum absolute atomic E-state index is 0.0134. The third-order valence-electron chi connectivity index (χ3n) is 2.95. The summed E-state index contributed by atoms with van der Waals surface area (Å²) in [6.45, 7) is -0.0134. The summed E-state index contributed by atoms with van der Waals surface area (Å²) in [4.78, 5) is 11.7. The predicted octanol–water partition coefficient (Wildman–Crippen LogP) is 2.86. The molecule has 0 atom stereocenters. The number of nitrogens with one attached hydrogen (secondary N) is 2. The van der Waals surface area contributed by atoms with Crippen molar-refractivity contribution in [3.05, 3.63) is 52.3 Å². The summed E-state index contributed by atoms with van der Waals surface area (Å²) in [5, 5.41) is 16.4. The Morgan fingerprint density at radius 1 is 1.38 bits per heavy atom. The van der Waals surface area contributed by atoms with E-state index in [9.17, 15) is 14.3 Å². The van der Waals surface area contributed by atoms with E-state index >= 15 is 0 Å². The Balaban J connectivity index is 1.87. The molecule has 2 rings (SSSR count). The second kappa shape index (κ2) is 8.30. The number of ether oxygens (including phenoxy) is 1. The molecule has 8 heteroatoms. The van der Waals surface area contributed by atoms with Crippen LogP contribution in [0.4, 0.5) is 10.1 Å². The molecule has 0 unspecified atom stereocenters. The first-order chi connectivity index (χ1) is 11.5. The van der Waals surface area contributed by atoms with E-state index in [4.69, 9.17) is 4.74 Å². The van der Waals surface area contributed by atoms with Crippen molar-refractivity contribution in [3.63, 3.8) is 0 Å². The highest BCUT2D eigenvalue weighted by atomic mass is 79.9. The predicted molar refractivity (Wildman–Crippen MR) is 93.0 cm³/mol. The molecular weight excluding hydrogens is 381 g/mol. The van der Waals surface area contributed by atoms with Crippen molar-refractivity contribution in [2.45, 2.75) is 0 Å². The third-order valence-corrected chi connectivity index (χ3v) is 3.54. The van der Waals surface area contributed by atoms with E-state index in [2.05, 4.69) is 31.8 Å². The van der Waals surface area contributed by atoms with Gasteiger partial charge >= 0.3 is 0 Å². The number of hydrazone groups is 1. The van der Waals surface area contributed by atoms with E-state index in [0.717, 1.165) is 0 Å². The highest BCUT2D eigenvalue weighted by Gasteiger charge is 2.07. The maximum absolute atomic E-state index is 12.8. The fraction of sp³-hybridized carbons (Fsp3) is 0.125. The van der Waals surface area contributed by atoms with Crippen LogP contribution in [0, 0.1) is 5.82 Å². The molecule has 0 spiro atoms. The van der Waals surface area contributed by atoms with Gasteiger partial charge in [0.1, 0.15) is 5.82 Å². The molecule has 0 aliphatic carbocycles. The average Bonchev–Trinajstić information content (AvgIpc) is 2.54. The number of hydrogen-bond acceptors (Lipinski definition) is 5. The van der Waals surface area contributed by atoms with E-state index in [1.165, 1.54) is 43.7 Å². The van der Waals surface area contributed by atoms with Gasteiger partial charge in [0.15, 0.2) is 11.5 Å². The molecule has 0 aliphatic rings. The normalized spacial score (nSPS) is 10.6. The van der Waals surface area contributed by atoms with Crippen LogP contribution in [0.3, 0.4) is 0 Å². The van der Waals surface area contributed by atoms with Crippen molar-refractivity contribution in [2.24, 2.45) is 5.10 Å². The average molecular weight is 396 g/mol. The van der Waals surface area contributed by atoms with Crippen LogP contribution in [0.5, 0.6) is 11.5 Å². The standard InChI is InChI=1S/C16H15BrFN3O3/c1-24-16-13(17)6-10(7-14(16)22)8-20-21-15(23)9-19-12-4-2-11(18)3-5-12/h2-8,19,22H,9H2,1H3,(H,21,23). The lowest BCUT2D eigenvalue weighted by molar-refractivity contribution is -0.119. The molecule has 0 saturated heterocycles. The lowest BCUT2D eigenvalue weighted by Gasteiger charge is -2.07. The zero-order valence-corrected chi connectivity index (χ0v) is 14.3. The molecule has 2 aromatic carbocycles. The summed E-state index contributed by atoms with van der Waals surface area (Å²) >= 11 is 3.26. The van der Waals surface area contributed by atoms with Crippen molar-refractivity contribution in [3.8, 4) is 11.5 Å². The van der Waals surface area contributed by atoms with E-state index in [-0.39, 0.29) is 24.0 Å². The molecular formula is C16H15BrFN3O3. The molecule has 0 bridgehead atoms. The Hall–Kier alpha value is -2.61. The van der Waals surface area contributed by atoms with Crippen LogP contribution in [-0.4, -0.2) is 30.9 Å². The van der Waals surface area contributed by atoms with Crippen LogP contribution in [-0.2, 0) is 4.79 Å². The molecule has 0 radical (unpaired) electrons. The summed E-state index contributed by atoms with van der Waals surface area (Å²) in [6.07, 6.45) is 1.39. The minimum Gasteiger partial charge on any atom is -0.504 e. The van der Waals surface area contributed by atoms with Gasteiger partial charge in [0.2, 0.25) is 0 Å². The Morgan fingerprint density at radius 2 is 2.08 bits per heavy atom. The number of rotatable bonds is 6. The van der Waals surface area contributed by atoms with Crippen LogP contribution in [0.1, 0.15) is 5.56 Å². The van der Waals surface area contributed by atoms with Gasteiger partial charge in [-0.3, -0.25) is 4.79 Å². The summed E-state index contributed by atoms with van der Waals surface area (Å²) in [5.41, 5.74) is 3.55. The van der Waals surface area contributed by atoms with E-state index < -0.39 is 0 Å². The van der Waals surface area contributed by atoms with Gasteiger partial charge in [0, 0.05) is 5.69 Å². The van der Waals surface area contributed by atoms with Crippen molar-refractivity contribution in [1.82, 2.24) is 5.43 Å². The summed E-state index contributed by atoms with van der Waals surface area (Å²) in [7, 11) is 1.45. The fourth-order valence-electron chi connectivity index (χ4n) is 1.84.